The molecule has 0 atom stereocenters. The van der Waals surface area contributed by atoms with Crippen molar-refractivity contribution in [2.75, 3.05) is 31.6 Å². The van der Waals surface area contributed by atoms with Gasteiger partial charge in [-0.2, -0.15) is 0 Å². The highest BCUT2D eigenvalue weighted by molar-refractivity contribution is 6.76. The van der Waals surface area contributed by atoms with E-state index in [0.717, 1.165) is 49.5 Å². The van der Waals surface area contributed by atoms with Gasteiger partial charge in [0.25, 0.3) is 0 Å². The number of fused-ring (bicyclic) bond motifs is 1. The molecule has 0 radical (unpaired) electrons. The van der Waals surface area contributed by atoms with Crippen molar-refractivity contribution in [2.24, 2.45) is 0 Å². The molecule has 28 heavy (non-hydrogen) atoms. The molecular weight excluding hydrogens is 366 g/mol. The van der Waals surface area contributed by atoms with Gasteiger partial charge < -0.3 is 19.5 Å². The Morgan fingerprint density at radius 1 is 1.18 bits per heavy atom. The van der Waals surface area contributed by atoms with E-state index in [9.17, 15) is 0 Å². The van der Waals surface area contributed by atoms with Crippen molar-refractivity contribution in [1.82, 2.24) is 19.9 Å². The van der Waals surface area contributed by atoms with Crippen LogP contribution in [0.5, 0.6) is 0 Å². The lowest BCUT2D eigenvalue weighted by Crippen LogP contribution is -2.41. The first-order valence-electron chi connectivity index (χ1n) is 10.8. The van der Waals surface area contributed by atoms with E-state index in [1.54, 1.807) is 0 Å². The number of hydrogen-bond donors (Lipinski definition) is 1. The lowest BCUT2D eigenvalue weighted by Gasteiger charge is -2.32. The zero-order chi connectivity index (χ0) is 19.7. The molecule has 0 aromatic carbocycles. The lowest BCUT2D eigenvalue weighted by atomic mass is 10.1. The van der Waals surface area contributed by atoms with Crippen LogP contribution in [0.4, 0.5) is 5.82 Å². The SMILES string of the molecule is CNC1CCN(c2cnc3c(cc(C4CC4)n3COCC[Si](C)(C)C)n2)CC1. The normalized spacial score (nSPS) is 18.9. The zero-order valence-corrected chi connectivity index (χ0v) is 18.9. The van der Waals surface area contributed by atoms with Crippen LogP contribution in [-0.4, -0.2) is 55.4 Å². The smallest absolute Gasteiger partial charge is 0.160 e. The second kappa shape index (κ2) is 8.12. The van der Waals surface area contributed by atoms with Crippen molar-refractivity contribution in [1.29, 1.82) is 0 Å². The van der Waals surface area contributed by atoms with Gasteiger partial charge in [-0.25, -0.2) is 9.97 Å². The summed E-state index contributed by atoms with van der Waals surface area (Å²) in [7, 11) is 0.993. The van der Waals surface area contributed by atoms with Gasteiger partial charge >= 0.3 is 0 Å². The first kappa shape index (κ1) is 19.9. The molecule has 0 bridgehead atoms. The molecule has 2 aromatic heterocycles. The Morgan fingerprint density at radius 3 is 2.57 bits per heavy atom. The molecule has 2 fully saturated rings. The molecule has 4 rings (SSSR count). The molecule has 154 valence electrons. The van der Waals surface area contributed by atoms with Gasteiger partial charge in [-0.3, -0.25) is 0 Å². The summed E-state index contributed by atoms with van der Waals surface area (Å²) in [6.45, 7) is 10.7. The van der Waals surface area contributed by atoms with Gasteiger partial charge in [-0.05, 0) is 50.8 Å². The van der Waals surface area contributed by atoms with E-state index in [0.29, 0.717) is 18.7 Å². The molecule has 6 nitrogen and oxygen atoms in total. The topological polar surface area (TPSA) is 55.2 Å². The number of anilines is 1. The number of aromatic nitrogens is 3. The summed E-state index contributed by atoms with van der Waals surface area (Å²) in [4.78, 5) is 12.2. The average molecular weight is 402 g/mol. The molecule has 1 saturated carbocycles. The molecule has 0 amide bonds. The van der Waals surface area contributed by atoms with Crippen LogP contribution in [-0.2, 0) is 11.5 Å². The Balaban J connectivity index is 1.50. The maximum atomic E-state index is 6.06. The van der Waals surface area contributed by atoms with E-state index < -0.39 is 8.07 Å². The van der Waals surface area contributed by atoms with Crippen molar-refractivity contribution >= 4 is 25.1 Å². The largest absolute Gasteiger partial charge is 0.361 e. The van der Waals surface area contributed by atoms with Crippen LogP contribution in [0, 0.1) is 0 Å². The van der Waals surface area contributed by atoms with Gasteiger partial charge in [0, 0.05) is 39.5 Å². The predicted octanol–water partition coefficient (Wildman–Crippen LogP) is 3.81. The van der Waals surface area contributed by atoms with E-state index >= 15 is 0 Å². The number of piperidine rings is 1. The van der Waals surface area contributed by atoms with Crippen molar-refractivity contribution < 1.29 is 4.74 Å². The van der Waals surface area contributed by atoms with E-state index in [-0.39, 0.29) is 0 Å². The molecule has 2 aromatic rings. The van der Waals surface area contributed by atoms with Crippen LogP contribution < -0.4 is 10.2 Å². The van der Waals surface area contributed by atoms with Crippen LogP contribution >= 0.6 is 0 Å². The number of hydrogen-bond acceptors (Lipinski definition) is 5. The van der Waals surface area contributed by atoms with Crippen LogP contribution in [0.2, 0.25) is 25.7 Å². The second-order valence-electron chi connectivity index (χ2n) is 9.61. The number of ether oxygens (including phenoxy) is 1. The lowest BCUT2D eigenvalue weighted by molar-refractivity contribution is 0.0880. The monoisotopic (exact) mass is 401 g/mol. The summed E-state index contributed by atoms with van der Waals surface area (Å²) < 4.78 is 8.33. The van der Waals surface area contributed by atoms with Crippen molar-refractivity contribution in [2.45, 2.75) is 70.1 Å². The minimum absolute atomic E-state index is 0.599. The fourth-order valence-electron chi connectivity index (χ4n) is 3.97. The summed E-state index contributed by atoms with van der Waals surface area (Å²) in [6, 6.07) is 4.08. The molecule has 0 spiro atoms. The molecule has 0 unspecified atom stereocenters. The van der Waals surface area contributed by atoms with Gasteiger partial charge in [0.05, 0.1) is 6.20 Å². The Bertz CT molecular complexity index is 803. The number of nitrogens with one attached hydrogen (secondary N) is 1. The zero-order valence-electron chi connectivity index (χ0n) is 17.9. The van der Waals surface area contributed by atoms with E-state index in [4.69, 9.17) is 14.7 Å². The number of nitrogens with zero attached hydrogens (tertiary/aromatic N) is 4. The highest BCUT2D eigenvalue weighted by atomic mass is 28.3. The fraction of sp³-hybridized carbons (Fsp3) is 0.714. The molecular formula is C21H35N5OSi. The average Bonchev–Trinajstić information content (AvgIpc) is 3.46. The molecule has 3 heterocycles. The minimum Gasteiger partial charge on any atom is -0.361 e. The van der Waals surface area contributed by atoms with Gasteiger partial charge in [0.2, 0.25) is 0 Å². The molecule has 1 saturated heterocycles. The standard InChI is InChI=1S/C21H35N5OSi/c1-22-17-7-9-25(10-8-17)20-14-23-21-18(24-20)13-19(16-5-6-16)26(21)15-27-11-12-28(2,3)4/h13-14,16-17,22H,5-12,15H2,1-4H3. The molecule has 2 aliphatic rings. The van der Waals surface area contributed by atoms with Crippen molar-refractivity contribution in [3.63, 3.8) is 0 Å². The Morgan fingerprint density at radius 2 is 1.93 bits per heavy atom. The van der Waals surface area contributed by atoms with Gasteiger partial charge in [0.15, 0.2) is 5.65 Å². The third kappa shape index (κ3) is 4.58. The predicted molar refractivity (Wildman–Crippen MR) is 118 cm³/mol. The highest BCUT2D eigenvalue weighted by Crippen LogP contribution is 2.42. The third-order valence-corrected chi connectivity index (χ3v) is 7.76. The van der Waals surface area contributed by atoms with E-state index in [1.807, 2.05) is 6.20 Å². The summed E-state index contributed by atoms with van der Waals surface area (Å²) in [5, 5.41) is 3.39. The van der Waals surface area contributed by atoms with Gasteiger partial charge in [0.1, 0.15) is 18.1 Å². The van der Waals surface area contributed by atoms with Crippen molar-refractivity contribution in [3.8, 4) is 0 Å². The van der Waals surface area contributed by atoms with Crippen LogP contribution in [0.25, 0.3) is 11.2 Å². The minimum atomic E-state index is -1.06. The first-order valence-corrected chi connectivity index (χ1v) is 14.5. The Labute approximate surface area is 169 Å². The molecule has 1 aliphatic heterocycles. The van der Waals surface area contributed by atoms with Crippen LogP contribution in [0.15, 0.2) is 12.3 Å². The Kier molecular flexibility index (Phi) is 5.76. The summed E-state index contributed by atoms with van der Waals surface area (Å²) in [5.74, 6) is 1.67. The highest BCUT2D eigenvalue weighted by Gasteiger charge is 2.29. The molecule has 1 N–H and O–H groups in total. The Hall–Kier alpha value is -1.44. The van der Waals surface area contributed by atoms with E-state index in [1.165, 1.54) is 24.6 Å². The first-order chi connectivity index (χ1) is 13.4. The molecule has 7 heteroatoms. The number of rotatable bonds is 8. The van der Waals surface area contributed by atoms with E-state index in [2.05, 4.69) is 47.5 Å². The van der Waals surface area contributed by atoms with Crippen LogP contribution in [0.3, 0.4) is 0 Å². The quantitative estimate of drug-likeness (QED) is 0.538. The maximum absolute atomic E-state index is 6.06. The third-order valence-electron chi connectivity index (χ3n) is 6.06. The summed E-state index contributed by atoms with van der Waals surface area (Å²) in [5.41, 5.74) is 3.35. The van der Waals surface area contributed by atoms with Gasteiger partial charge in [-0.1, -0.05) is 19.6 Å². The fourth-order valence-corrected chi connectivity index (χ4v) is 4.73. The summed E-state index contributed by atoms with van der Waals surface area (Å²) >= 11 is 0. The van der Waals surface area contributed by atoms with Gasteiger partial charge in [-0.15, -0.1) is 0 Å². The second-order valence-corrected chi connectivity index (χ2v) is 15.2. The van der Waals surface area contributed by atoms with Crippen LogP contribution in [0.1, 0.15) is 37.3 Å². The van der Waals surface area contributed by atoms with Crippen molar-refractivity contribution in [3.05, 3.63) is 18.0 Å². The maximum Gasteiger partial charge on any atom is 0.160 e. The molecule has 1 aliphatic carbocycles. The summed E-state index contributed by atoms with van der Waals surface area (Å²) in [6.07, 6.45) is 6.83.